The van der Waals surface area contributed by atoms with E-state index in [-0.39, 0.29) is 6.61 Å². The number of rotatable bonds is 6. The highest BCUT2D eigenvalue weighted by Crippen LogP contribution is 2.22. The molecule has 0 radical (unpaired) electrons. The number of quaternary nitrogens is 1. The maximum Gasteiger partial charge on any atom is 0.137 e. The van der Waals surface area contributed by atoms with Crippen LogP contribution in [0.1, 0.15) is 16.7 Å². The molecule has 1 aromatic carbocycles. The number of nitrogens with two attached hydrogens (primary N) is 1. The number of hydrogen-bond donors (Lipinski definition) is 2. The zero-order chi connectivity index (χ0) is 12.0. The molecule has 0 amide bonds. The van der Waals surface area contributed by atoms with E-state index in [0.717, 1.165) is 18.8 Å². The van der Waals surface area contributed by atoms with Crippen molar-refractivity contribution in [2.24, 2.45) is 0 Å². The molecule has 0 aromatic heterocycles. The van der Waals surface area contributed by atoms with Gasteiger partial charge in [-0.25, -0.2) is 0 Å². The average Bonchev–Trinajstić information content (AvgIpc) is 2.24. The van der Waals surface area contributed by atoms with Gasteiger partial charge in [0.25, 0.3) is 0 Å². The largest absolute Gasteiger partial charge is 0.487 e. The molecule has 0 atom stereocenters. The smallest absolute Gasteiger partial charge is 0.137 e. The summed E-state index contributed by atoms with van der Waals surface area (Å²) in [4.78, 5) is 0. The number of aliphatic hydroxyl groups is 1. The van der Waals surface area contributed by atoms with Crippen LogP contribution in [-0.4, -0.2) is 31.4 Å². The van der Waals surface area contributed by atoms with Gasteiger partial charge in [-0.3, -0.25) is 0 Å². The van der Waals surface area contributed by atoms with Crippen LogP contribution in [0.15, 0.2) is 12.1 Å². The van der Waals surface area contributed by atoms with E-state index in [1.165, 1.54) is 16.7 Å². The van der Waals surface area contributed by atoms with Gasteiger partial charge in [-0.15, -0.1) is 0 Å². The van der Waals surface area contributed by atoms with E-state index in [9.17, 15) is 0 Å². The Morgan fingerprint density at radius 1 is 1.19 bits per heavy atom. The van der Waals surface area contributed by atoms with E-state index >= 15 is 0 Å². The maximum atomic E-state index is 8.63. The van der Waals surface area contributed by atoms with Crippen LogP contribution in [0.3, 0.4) is 0 Å². The van der Waals surface area contributed by atoms with Gasteiger partial charge in [0.1, 0.15) is 18.9 Å². The first-order valence-corrected chi connectivity index (χ1v) is 5.78. The summed E-state index contributed by atoms with van der Waals surface area (Å²) in [6.45, 7) is 8.81. The summed E-state index contributed by atoms with van der Waals surface area (Å²) in [7, 11) is 0. The van der Waals surface area contributed by atoms with Crippen LogP contribution in [-0.2, 0) is 0 Å². The van der Waals surface area contributed by atoms with Gasteiger partial charge in [-0.05, 0) is 43.5 Å². The fourth-order valence-electron chi connectivity index (χ4n) is 1.64. The molecule has 3 heteroatoms. The van der Waals surface area contributed by atoms with Gasteiger partial charge in [0, 0.05) is 0 Å². The molecular weight excluding hydrogens is 202 g/mol. The number of aryl methyl sites for hydroxylation is 2. The molecule has 0 aliphatic rings. The molecule has 3 nitrogen and oxygen atoms in total. The second-order valence-electron chi connectivity index (χ2n) is 4.14. The average molecular weight is 224 g/mol. The van der Waals surface area contributed by atoms with Crippen molar-refractivity contribution in [2.45, 2.75) is 20.8 Å². The standard InChI is InChI=1S/C13H21NO2/c1-10-8-11(2)12(3)13(9-10)16-7-5-14-4-6-15/h8-9,14-15H,4-7H2,1-3H3/p+1. The molecule has 3 N–H and O–H groups in total. The molecule has 0 unspecified atom stereocenters. The molecule has 0 aliphatic carbocycles. The Morgan fingerprint density at radius 3 is 2.62 bits per heavy atom. The highest BCUT2D eigenvalue weighted by atomic mass is 16.5. The second kappa shape index (κ2) is 6.51. The van der Waals surface area contributed by atoms with E-state index in [4.69, 9.17) is 9.84 Å². The fraction of sp³-hybridized carbons (Fsp3) is 0.538. The van der Waals surface area contributed by atoms with Gasteiger partial charge in [0.05, 0.1) is 13.2 Å². The van der Waals surface area contributed by atoms with E-state index < -0.39 is 0 Å². The third kappa shape index (κ3) is 3.83. The topological polar surface area (TPSA) is 46.1 Å². The van der Waals surface area contributed by atoms with Gasteiger partial charge in [-0.2, -0.15) is 0 Å². The first-order valence-electron chi connectivity index (χ1n) is 5.78. The van der Waals surface area contributed by atoms with Gasteiger partial charge < -0.3 is 15.2 Å². The first-order chi connectivity index (χ1) is 7.65. The van der Waals surface area contributed by atoms with Crippen molar-refractivity contribution in [1.29, 1.82) is 0 Å². The number of benzene rings is 1. The SMILES string of the molecule is Cc1cc(C)c(C)c(OCC[NH2+]CCO)c1. The van der Waals surface area contributed by atoms with Gasteiger partial charge >= 0.3 is 0 Å². The lowest BCUT2D eigenvalue weighted by Crippen LogP contribution is -2.86. The number of hydrogen-bond acceptors (Lipinski definition) is 2. The van der Waals surface area contributed by atoms with E-state index in [1.807, 2.05) is 0 Å². The predicted molar refractivity (Wildman–Crippen MR) is 64.9 cm³/mol. The normalized spacial score (nSPS) is 10.5. The second-order valence-corrected chi connectivity index (χ2v) is 4.14. The van der Waals surface area contributed by atoms with E-state index in [0.29, 0.717) is 6.61 Å². The minimum Gasteiger partial charge on any atom is -0.487 e. The summed E-state index contributed by atoms with van der Waals surface area (Å²) >= 11 is 0. The Hall–Kier alpha value is -1.06. The van der Waals surface area contributed by atoms with Crippen molar-refractivity contribution in [2.75, 3.05) is 26.3 Å². The summed E-state index contributed by atoms with van der Waals surface area (Å²) in [5.74, 6) is 0.981. The molecule has 0 heterocycles. The lowest BCUT2D eigenvalue weighted by atomic mass is 10.1. The fourth-order valence-corrected chi connectivity index (χ4v) is 1.64. The molecule has 1 aromatic rings. The maximum absolute atomic E-state index is 8.63. The Kier molecular flexibility index (Phi) is 5.29. The van der Waals surface area contributed by atoms with Crippen molar-refractivity contribution in [3.8, 4) is 5.75 Å². The summed E-state index contributed by atoms with van der Waals surface area (Å²) in [5, 5.41) is 10.7. The van der Waals surface area contributed by atoms with Crippen LogP contribution in [0.4, 0.5) is 0 Å². The van der Waals surface area contributed by atoms with Crippen LogP contribution in [0.25, 0.3) is 0 Å². The van der Waals surface area contributed by atoms with Crippen molar-refractivity contribution < 1.29 is 15.2 Å². The van der Waals surface area contributed by atoms with Gasteiger partial charge in [-0.1, -0.05) is 6.07 Å². The first kappa shape index (κ1) is 13.0. The zero-order valence-electron chi connectivity index (χ0n) is 10.4. The molecule has 16 heavy (non-hydrogen) atoms. The minimum atomic E-state index is 0.225. The Bertz CT molecular complexity index is 337. The van der Waals surface area contributed by atoms with Gasteiger partial charge in [0.15, 0.2) is 0 Å². The van der Waals surface area contributed by atoms with Crippen molar-refractivity contribution in [3.63, 3.8) is 0 Å². The van der Waals surface area contributed by atoms with Crippen LogP contribution in [0.5, 0.6) is 5.75 Å². The molecule has 0 saturated carbocycles. The summed E-state index contributed by atoms with van der Waals surface area (Å²) in [6, 6.07) is 4.24. The molecule has 90 valence electrons. The number of aliphatic hydroxyl groups excluding tert-OH is 1. The summed E-state index contributed by atoms with van der Waals surface area (Å²) < 4.78 is 5.73. The monoisotopic (exact) mass is 224 g/mol. The predicted octanol–water partition coefficient (Wildman–Crippen LogP) is 0.546. The third-order valence-corrected chi connectivity index (χ3v) is 2.68. The summed E-state index contributed by atoms with van der Waals surface area (Å²) in [5.41, 5.74) is 3.72. The zero-order valence-corrected chi connectivity index (χ0v) is 10.4. The Labute approximate surface area is 97.4 Å². The molecule has 0 spiro atoms. The van der Waals surface area contributed by atoms with Crippen LogP contribution >= 0.6 is 0 Å². The lowest BCUT2D eigenvalue weighted by Gasteiger charge is -2.11. The lowest BCUT2D eigenvalue weighted by molar-refractivity contribution is -0.656. The number of ether oxygens (including phenoxy) is 1. The molecule has 0 bridgehead atoms. The minimum absolute atomic E-state index is 0.225. The molecule has 0 aliphatic heterocycles. The van der Waals surface area contributed by atoms with Crippen LogP contribution < -0.4 is 10.1 Å². The van der Waals surface area contributed by atoms with Crippen molar-refractivity contribution >= 4 is 0 Å². The highest BCUT2D eigenvalue weighted by molar-refractivity contribution is 5.41. The van der Waals surface area contributed by atoms with Crippen molar-refractivity contribution in [3.05, 3.63) is 28.8 Å². The molecule has 1 rings (SSSR count). The summed E-state index contributed by atoms with van der Waals surface area (Å²) in [6.07, 6.45) is 0. The molecular formula is C13H22NO2+. The van der Waals surface area contributed by atoms with Crippen LogP contribution in [0.2, 0.25) is 0 Å². The quantitative estimate of drug-likeness (QED) is 0.693. The molecule has 0 fully saturated rings. The molecule has 0 saturated heterocycles. The van der Waals surface area contributed by atoms with Crippen LogP contribution in [0, 0.1) is 20.8 Å². The highest BCUT2D eigenvalue weighted by Gasteiger charge is 2.03. The Balaban J connectivity index is 2.47. The Morgan fingerprint density at radius 2 is 1.94 bits per heavy atom. The van der Waals surface area contributed by atoms with Crippen molar-refractivity contribution in [1.82, 2.24) is 0 Å². The third-order valence-electron chi connectivity index (χ3n) is 2.68. The van der Waals surface area contributed by atoms with E-state index in [1.54, 1.807) is 0 Å². The van der Waals surface area contributed by atoms with Gasteiger partial charge in [0.2, 0.25) is 0 Å². The van der Waals surface area contributed by atoms with E-state index in [2.05, 4.69) is 38.2 Å².